The summed E-state index contributed by atoms with van der Waals surface area (Å²) in [4.78, 5) is 0. The zero-order valence-corrected chi connectivity index (χ0v) is 12.7. The number of benzene rings is 2. The molecule has 0 aliphatic rings. The molecule has 106 valence electrons. The maximum Gasteiger partial charge on any atom is 0.123 e. The Labute approximate surface area is 126 Å². The summed E-state index contributed by atoms with van der Waals surface area (Å²) in [6, 6.07) is 16.7. The molecule has 0 aliphatic heterocycles. The zero-order chi connectivity index (χ0) is 14.2. The maximum absolute atomic E-state index is 5.94. The third-order valence-electron chi connectivity index (χ3n) is 3.32. The van der Waals surface area contributed by atoms with Crippen molar-refractivity contribution in [1.29, 1.82) is 0 Å². The summed E-state index contributed by atoms with van der Waals surface area (Å²) in [5.41, 5.74) is 3.69. The zero-order valence-electron chi connectivity index (χ0n) is 11.9. The number of alkyl halides is 1. The van der Waals surface area contributed by atoms with Gasteiger partial charge in [-0.05, 0) is 37.8 Å². The van der Waals surface area contributed by atoms with Gasteiger partial charge < -0.3 is 4.74 Å². The number of hydrogen-bond acceptors (Lipinski definition) is 1. The summed E-state index contributed by atoms with van der Waals surface area (Å²) >= 11 is 5.94. The Morgan fingerprint density at radius 2 is 1.80 bits per heavy atom. The first-order valence-electron chi connectivity index (χ1n) is 7.12. The van der Waals surface area contributed by atoms with Gasteiger partial charge in [0.1, 0.15) is 5.75 Å². The minimum Gasteiger partial charge on any atom is -0.493 e. The Kier molecular flexibility index (Phi) is 5.94. The molecule has 0 amide bonds. The predicted octanol–water partition coefficient (Wildman–Crippen LogP) is 5.14. The molecule has 0 N–H and O–H groups in total. The van der Waals surface area contributed by atoms with Gasteiger partial charge in [-0.1, -0.05) is 48.0 Å². The van der Waals surface area contributed by atoms with Crippen LogP contribution in [0.5, 0.6) is 5.75 Å². The molecule has 20 heavy (non-hydrogen) atoms. The van der Waals surface area contributed by atoms with Crippen molar-refractivity contribution >= 4 is 11.6 Å². The molecule has 1 nitrogen and oxygen atoms in total. The van der Waals surface area contributed by atoms with Crippen molar-refractivity contribution in [3.05, 3.63) is 65.2 Å². The van der Waals surface area contributed by atoms with Crippen LogP contribution in [0.15, 0.2) is 48.5 Å². The van der Waals surface area contributed by atoms with Crippen LogP contribution >= 0.6 is 11.6 Å². The number of hydrogen-bond donors (Lipinski definition) is 0. The Hall–Kier alpha value is -1.47. The molecule has 2 rings (SSSR count). The molecule has 2 heteroatoms. The highest BCUT2D eigenvalue weighted by Crippen LogP contribution is 2.22. The molecular weight excluding hydrogens is 268 g/mol. The van der Waals surface area contributed by atoms with Gasteiger partial charge in [-0.2, -0.15) is 0 Å². The lowest BCUT2D eigenvalue weighted by molar-refractivity contribution is 0.304. The highest BCUT2D eigenvalue weighted by molar-refractivity contribution is 6.17. The van der Waals surface area contributed by atoms with Crippen molar-refractivity contribution < 1.29 is 4.74 Å². The SMILES string of the molecule is Cc1ccc(OCCCCc2ccccc2)c(CCl)c1. The standard InChI is InChI=1S/C18H21ClO/c1-15-10-11-18(17(13-15)14-19)20-12-6-5-9-16-7-3-2-4-8-16/h2-4,7-8,10-11,13H,5-6,9,12,14H2,1H3. The smallest absolute Gasteiger partial charge is 0.123 e. The first-order chi connectivity index (χ1) is 9.79. The quantitative estimate of drug-likeness (QED) is 0.506. The molecule has 0 radical (unpaired) electrons. The van der Waals surface area contributed by atoms with Gasteiger partial charge in [0.15, 0.2) is 0 Å². The van der Waals surface area contributed by atoms with Gasteiger partial charge in [0.25, 0.3) is 0 Å². The first kappa shape index (κ1) is 14.9. The normalized spacial score (nSPS) is 10.5. The maximum atomic E-state index is 5.94. The monoisotopic (exact) mass is 288 g/mol. The van der Waals surface area contributed by atoms with Crippen LogP contribution in [0.1, 0.15) is 29.5 Å². The van der Waals surface area contributed by atoms with Crippen molar-refractivity contribution in [2.75, 3.05) is 6.61 Å². The second-order valence-corrected chi connectivity index (χ2v) is 5.30. The van der Waals surface area contributed by atoms with Gasteiger partial charge >= 0.3 is 0 Å². The topological polar surface area (TPSA) is 9.23 Å². The summed E-state index contributed by atoms with van der Waals surface area (Å²) in [5.74, 6) is 1.42. The van der Waals surface area contributed by atoms with Gasteiger partial charge in [-0.25, -0.2) is 0 Å². The summed E-state index contributed by atoms with van der Waals surface area (Å²) in [6.07, 6.45) is 3.32. The van der Waals surface area contributed by atoms with Crippen molar-refractivity contribution in [1.82, 2.24) is 0 Å². The van der Waals surface area contributed by atoms with E-state index in [0.29, 0.717) is 5.88 Å². The van der Waals surface area contributed by atoms with E-state index in [-0.39, 0.29) is 0 Å². The average molecular weight is 289 g/mol. The van der Waals surface area contributed by atoms with E-state index in [1.54, 1.807) is 0 Å². The Morgan fingerprint density at radius 1 is 1.00 bits per heavy atom. The van der Waals surface area contributed by atoms with Crippen LogP contribution in [-0.4, -0.2) is 6.61 Å². The summed E-state index contributed by atoms with van der Waals surface area (Å²) in [5, 5.41) is 0. The first-order valence-corrected chi connectivity index (χ1v) is 7.65. The van der Waals surface area contributed by atoms with E-state index in [0.717, 1.165) is 37.2 Å². The fourth-order valence-corrected chi connectivity index (χ4v) is 2.42. The van der Waals surface area contributed by atoms with Crippen LogP contribution in [0.2, 0.25) is 0 Å². The molecule has 2 aromatic rings. The van der Waals surface area contributed by atoms with E-state index in [9.17, 15) is 0 Å². The van der Waals surface area contributed by atoms with Gasteiger partial charge in [-0.3, -0.25) is 0 Å². The summed E-state index contributed by atoms with van der Waals surface area (Å²) in [6.45, 7) is 2.82. The number of halogens is 1. The lowest BCUT2D eigenvalue weighted by Crippen LogP contribution is -2.00. The minimum absolute atomic E-state index is 0.501. The van der Waals surface area contributed by atoms with Crippen molar-refractivity contribution in [2.45, 2.75) is 32.1 Å². The molecule has 0 atom stereocenters. The summed E-state index contributed by atoms with van der Waals surface area (Å²) < 4.78 is 5.84. The molecule has 0 unspecified atom stereocenters. The Morgan fingerprint density at radius 3 is 2.55 bits per heavy atom. The number of rotatable bonds is 7. The van der Waals surface area contributed by atoms with E-state index in [2.05, 4.69) is 49.4 Å². The highest BCUT2D eigenvalue weighted by atomic mass is 35.5. The van der Waals surface area contributed by atoms with E-state index >= 15 is 0 Å². The second kappa shape index (κ2) is 7.96. The molecule has 0 aromatic heterocycles. The van der Waals surface area contributed by atoms with Crippen LogP contribution in [0.3, 0.4) is 0 Å². The minimum atomic E-state index is 0.501. The molecule has 0 heterocycles. The van der Waals surface area contributed by atoms with E-state index in [4.69, 9.17) is 16.3 Å². The number of unbranched alkanes of at least 4 members (excludes halogenated alkanes) is 1. The third-order valence-corrected chi connectivity index (χ3v) is 3.61. The molecule has 0 aliphatic carbocycles. The molecule has 0 spiro atoms. The van der Waals surface area contributed by atoms with Crippen molar-refractivity contribution in [3.8, 4) is 5.75 Å². The van der Waals surface area contributed by atoms with E-state index in [1.807, 2.05) is 6.07 Å². The van der Waals surface area contributed by atoms with Gasteiger partial charge in [0, 0.05) is 5.56 Å². The molecular formula is C18H21ClO. The van der Waals surface area contributed by atoms with E-state index in [1.165, 1.54) is 11.1 Å². The average Bonchev–Trinajstić information content (AvgIpc) is 2.49. The van der Waals surface area contributed by atoms with Crippen LogP contribution in [-0.2, 0) is 12.3 Å². The van der Waals surface area contributed by atoms with Crippen LogP contribution < -0.4 is 4.74 Å². The fraction of sp³-hybridized carbons (Fsp3) is 0.333. The molecule has 2 aromatic carbocycles. The Balaban J connectivity index is 1.73. The fourth-order valence-electron chi connectivity index (χ4n) is 2.21. The lowest BCUT2D eigenvalue weighted by atomic mass is 10.1. The second-order valence-electron chi connectivity index (χ2n) is 5.04. The predicted molar refractivity (Wildman–Crippen MR) is 85.6 cm³/mol. The molecule has 0 saturated carbocycles. The van der Waals surface area contributed by atoms with Gasteiger partial charge in [-0.15, -0.1) is 11.6 Å². The third kappa shape index (κ3) is 4.57. The lowest BCUT2D eigenvalue weighted by Gasteiger charge is -2.10. The molecule has 0 bridgehead atoms. The summed E-state index contributed by atoms with van der Waals surface area (Å²) in [7, 11) is 0. The van der Waals surface area contributed by atoms with Gasteiger partial charge in [0.2, 0.25) is 0 Å². The molecule has 0 fully saturated rings. The number of ether oxygens (including phenoxy) is 1. The van der Waals surface area contributed by atoms with Crippen molar-refractivity contribution in [3.63, 3.8) is 0 Å². The highest BCUT2D eigenvalue weighted by Gasteiger charge is 2.03. The Bertz CT molecular complexity index is 522. The van der Waals surface area contributed by atoms with E-state index < -0.39 is 0 Å². The van der Waals surface area contributed by atoms with Crippen LogP contribution in [0.25, 0.3) is 0 Å². The van der Waals surface area contributed by atoms with Crippen molar-refractivity contribution in [2.24, 2.45) is 0 Å². The van der Waals surface area contributed by atoms with Crippen LogP contribution in [0.4, 0.5) is 0 Å². The molecule has 0 saturated heterocycles. The largest absolute Gasteiger partial charge is 0.493 e. The van der Waals surface area contributed by atoms with Crippen LogP contribution in [0, 0.1) is 6.92 Å². The number of aryl methyl sites for hydroxylation is 2. The van der Waals surface area contributed by atoms with Gasteiger partial charge in [0.05, 0.1) is 12.5 Å².